The van der Waals surface area contributed by atoms with E-state index in [1.807, 2.05) is 19.1 Å². The first-order valence-electron chi connectivity index (χ1n) is 6.71. The Morgan fingerprint density at radius 3 is 2.39 bits per heavy atom. The van der Waals surface area contributed by atoms with E-state index in [0.29, 0.717) is 17.9 Å². The Bertz CT molecular complexity index is 896. The predicted octanol–water partition coefficient (Wildman–Crippen LogP) is 2.32. The second-order valence-electron chi connectivity index (χ2n) is 4.99. The first-order valence-corrected chi connectivity index (χ1v) is 6.71. The van der Waals surface area contributed by atoms with Crippen molar-refractivity contribution in [2.24, 2.45) is 0 Å². The molecule has 0 spiro atoms. The Morgan fingerprint density at radius 2 is 1.87 bits per heavy atom. The maximum Gasteiger partial charge on any atom is 0.268 e. The fourth-order valence-electron chi connectivity index (χ4n) is 2.06. The van der Waals surface area contributed by atoms with Gasteiger partial charge in [0.2, 0.25) is 0 Å². The summed E-state index contributed by atoms with van der Waals surface area (Å²) in [6.45, 7) is 6.00. The molecule has 0 unspecified atom stereocenters. The van der Waals surface area contributed by atoms with Crippen molar-refractivity contribution in [2.45, 2.75) is 6.92 Å². The fourth-order valence-corrected chi connectivity index (χ4v) is 2.06. The van der Waals surface area contributed by atoms with Crippen LogP contribution in [-0.2, 0) is 0 Å². The number of hydrogen-bond donors (Lipinski definition) is 2. The third-order valence-corrected chi connectivity index (χ3v) is 3.10. The normalized spacial score (nSPS) is 9.70. The molecule has 0 bridgehead atoms. The first kappa shape index (κ1) is 15.9. The maximum absolute atomic E-state index is 11.9. The van der Waals surface area contributed by atoms with Crippen LogP contribution in [0.15, 0.2) is 41.2 Å². The zero-order chi connectivity index (χ0) is 17.0. The summed E-state index contributed by atoms with van der Waals surface area (Å²) in [5.74, 6) is 0.556. The molecule has 2 rings (SSSR count). The lowest BCUT2D eigenvalue weighted by Gasteiger charge is -2.10. The van der Waals surface area contributed by atoms with Crippen molar-refractivity contribution in [3.8, 4) is 29.0 Å². The molecule has 0 amide bonds. The fraction of sp³-hybridized carbons (Fsp3) is 0.118. The summed E-state index contributed by atoms with van der Waals surface area (Å²) in [4.78, 5) is 14.2. The van der Waals surface area contributed by atoms with E-state index in [0.717, 1.165) is 5.57 Å². The van der Waals surface area contributed by atoms with Crippen molar-refractivity contribution in [2.75, 3.05) is 12.3 Å². The lowest BCUT2D eigenvalue weighted by Crippen LogP contribution is -2.16. The highest BCUT2D eigenvalue weighted by molar-refractivity contribution is 5.80. The van der Waals surface area contributed by atoms with E-state index in [-0.39, 0.29) is 22.5 Å². The number of hydrogen-bond acceptors (Lipinski definition) is 5. The average molecular weight is 306 g/mol. The maximum atomic E-state index is 11.9. The summed E-state index contributed by atoms with van der Waals surface area (Å²) in [5, 5.41) is 18.5. The molecule has 1 aromatic carbocycles. The number of nitrogen functional groups attached to an aromatic ring is 1. The summed E-state index contributed by atoms with van der Waals surface area (Å²) >= 11 is 0. The number of aromatic amines is 1. The Morgan fingerprint density at radius 1 is 1.26 bits per heavy atom. The summed E-state index contributed by atoms with van der Waals surface area (Å²) in [6.07, 6.45) is 0. The van der Waals surface area contributed by atoms with Crippen molar-refractivity contribution in [3.63, 3.8) is 0 Å². The van der Waals surface area contributed by atoms with Crippen LogP contribution < -0.4 is 16.0 Å². The van der Waals surface area contributed by atoms with Gasteiger partial charge in [-0.2, -0.15) is 10.5 Å². The van der Waals surface area contributed by atoms with Crippen molar-refractivity contribution in [1.82, 2.24) is 4.98 Å². The molecule has 2 aromatic rings. The summed E-state index contributed by atoms with van der Waals surface area (Å²) in [5.41, 5.74) is 6.63. The van der Waals surface area contributed by atoms with Gasteiger partial charge in [-0.15, -0.1) is 0 Å². The number of nitrogens with one attached hydrogen (secondary N) is 1. The highest BCUT2D eigenvalue weighted by Crippen LogP contribution is 2.29. The number of H-pyrrole nitrogens is 1. The van der Waals surface area contributed by atoms with Gasteiger partial charge in [0.15, 0.2) is 0 Å². The first-order chi connectivity index (χ1) is 11.0. The van der Waals surface area contributed by atoms with Crippen LogP contribution in [0.5, 0.6) is 5.75 Å². The minimum Gasteiger partial charge on any atom is -0.489 e. The van der Waals surface area contributed by atoms with Gasteiger partial charge in [0.25, 0.3) is 5.56 Å². The quantitative estimate of drug-likeness (QED) is 0.841. The monoisotopic (exact) mass is 306 g/mol. The molecular formula is C17H14N4O2. The molecule has 1 aromatic heterocycles. The van der Waals surface area contributed by atoms with E-state index in [9.17, 15) is 15.3 Å². The number of pyridine rings is 1. The summed E-state index contributed by atoms with van der Waals surface area (Å²) in [7, 11) is 0. The molecule has 0 saturated heterocycles. The molecular weight excluding hydrogens is 292 g/mol. The van der Waals surface area contributed by atoms with Gasteiger partial charge in [-0.1, -0.05) is 18.7 Å². The molecule has 0 aliphatic carbocycles. The SMILES string of the molecule is C=C(C)COc1ccc(-c2c(C#N)c(N)[nH]c(=O)c2C#N)cc1. The molecule has 0 saturated carbocycles. The molecule has 6 heteroatoms. The number of aromatic nitrogens is 1. The van der Waals surface area contributed by atoms with Crippen LogP contribution >= 0.6 is 0 Å². The highest BCUT2D eigenvalue weighted by Gasteiger charge is 2.17. The van der Waals surface area contributed by atoms with Gasteiger partial charge < -0.3 is 15.5 Å². The van der Waals surface area contributed by atoms with Crippen LogP contribution in [0.1, 0.15) is 18.1 Å². The second-order valence-corrected chi connectivity index (χ2v) is 4.99. The van der Waals surface area contributed by atoms with Crippen LogP contribution in [0.4, 0.5) is 5.82 Å². The summed E-state index contributed by atoms with van der Waals surface area (Å²) < 4.78 is 5.50. The lowest BCUT2D eigenvalue weighted by atomic mass is 9.96. The number of rotatable bonds is 4. The lowest BCUT2D eigenvalue weighted by molar-refractivity contribution is 0.353. The number of ether oxygens (including phenoxy) is 1. The Kier molecular flexibility index (Phi) is 4.49. The van der Waals surface area contributed by atoms with Gasteiger partial charge >= 0.3 is 0 Å². The van der Waals surface area contributed by atoms with Crippen LogP contribution in [0.25, 0.3) is 11.1 Å². The van der Waals surface area contributed by atoms with E-state index in [1.165, 1.54) is 0 Å². The summed E-state index contributed by atoms with van der Waals surface area (Å²) in [6, 6.07) is 10.5. The van der Waals surface area contributed by atoms with Crippen LogP contribution in [0.2, 0.25) is 0 Å². The van der Waals surface area contributed by atoms with Gasteiger partial charge in [0.05, 0.1) is 0 Å². The van der Waals surface area contributed by atoms with Crippen LogP contribution in [-0.4, -0.2) is 11.6 Å². The van der Waals surface area contributed by atoms with Gasteiger partial charge in [-0.3, -0.25) is 4.79 Å². The Hall–Kier alpha value is -3.51. The van der Waals surface area contributed by atoms with E-state index in [1.54, 1.807) is 24.3 Å². The molecule has 0 aliphatic rings. The second kappa shape index (κ2) is 6.50. The van der Waals surface area contributed by atoms with Gasteiger partial charge in [-0.05, 0) is 30.2 Å². The minimum absolute atomic E-state index is 0.0610. The largest absolute Gasteiger partial charge is 0.489 e. The third-order valence-electron chi connectivity index (χ3n) is 3.10. The molecule has 6 nitrogen and oxygen atoms in total. The Balaban J connectivity index is 2.55. The zero-order valence-electron chi connectivity index (χ0n) is 12.5. The predicted molar refractivity (Wildman–Crippen MR) is 86.7 cm³/mol. The molecule has 3 N–H and O–H groups in total. The molecule has 1 heterocycles. The molecule has 114 valence electrons. The number of nitrogens with two attached hydrogens (primary N) is 1. The molecule has 0 fully saturated rings. The van der Waals surface area contributed by atoms with E-state index in [4.69, 9.17) is 10.5 Å². The smallest absolute Gasteiger partial charge is 0.268 e. The van der Waals surface area contributed by atoms with Crippen LogP contribution in [0.3, 0.4) is 0 Å². The molecule has 0 radical (unpaired) electrons. The minimum atomic E-state index is -0.624. The standard InChI is InChI=1S/C17H14N4O2/c1-10(2)9-23-12-5-3-11(4-6-12)15-13(7-18)16(20)21-17(22)14(15)8-19/h3-6H,1,9H2,2H3,(H3,20,21,22). The van der Waals surface area contributed by atoms with Gasteiger partial charge in [0, 0.05) is 5.56 Å². The van der Waals surface area contributed by atoms with Crippen LogP contribution in [0, 0.1) is 22.7 Å². The van der Waals surface area contributed by atoms with Gasteiger partial charge in [0.1, 0.15) is 41.4 Å². The topological polar surface area (TPSA) is 116 Å². The number of nitrogens with zero attached hydrogens (tertiary/aromatic N) is 2. The van der Waals surface area contributed by atoms with E-state index >= 15 is 0 Å². The number of nitriles is 2. The molecule has 0 aliphatic heterocycles. The van der Waals surface area contributed by atoms with Crippen molar-refractivity contribution < 1.29 is 4.74 Å². The van der Waals surface area contributed by atoms with E-state index < -0.39 is 5.56 Å². The van der Waals surface area contributed by atoms with Crippen molar-refractivity contribution in [3.05, 3.63) is 57.9 Å². The van der Waals surface area contributed by atoms with Crippen molar-refractivity contribution in [1.29, 1.82) is 10.5 Å². The van der Waals surface area contributed by atoms with Gasteiger partial charge in [-0.25, -0.2) is 0 Å². The van der Waals surface area contributed by atoms with Crippen molar-refractivity contribution >= 4 is 5.82 Å². The Labute approximate surface area is 133 Å². The number of anilines is 1. The van der Waals surface area contributed by atoms with E-state index in [2.05, 4.69) is 11.6 Å². The highest BCUT2D eigenvalue weighted by atomic mass is 16.5. The molecule has 23 heavy (non-hydrogen) atoms. The molecule has 0 atom stereocenters. The third kappa shape index (κ3) is 3.22. The average Bonchev–Trinajstić information content (AvgIpc) is 2.53. The zero-order valence-corrected chi connectivity index (χ0v) is 12.5. The number of benzene rings is 1.